The molecule has 1 aromatic heterocycles. The van der Waals surface area contributed by atoms with E-state index in [2.05, 4.69) is 30.7 Å². The Kier molecular flexibility index (Phi) is 3.48. The number of nitrogens with one attached hydrogen (secondary N) is 1. The highest BCUT2D eigenvalue weighted by Gasteiger charge is 2.08. The molecule has 74 valence electrons. The van der Waals surface area contributed by atoms with E-state index < -0.39 is 0 Å². The van der Waals surface area contributed by atoms with E-state index in [-0.39, 0.29) is 0 Å². The molecule has 0 atom stereocenters. The molecule has 3 N–H and O–H groups in total. The highest BCUT2D eigenvalue weighted by molar-refractivity contribution is 5.15. The molecule has 13 heavy (non-hydrogen) atoms. The van der Waals surface area contributed by atoms with Crippen molar-refractivity contribution in [2.24, 2.45) is 11.7 Å². The zero-order valence-corrected chi connectivity index (χ0v) is 8.72. The number of H-pyrrole nitrogens is 1. The van der Waals surface area contributed by atoms with Gasteiger partial charge in [0.2, 0.25) is 0 Å². The Balaban J connectivity index is 2.84. The first-order valence-electron chi connectivity index (χ1n) is 4.94. The van der Waals surface area contributed by atoms with E-state index in [1.165, 1.54) is 11.4 Å². The molecule has 3 nitrogen and oxygen atoms in total. The van der Waals surface area contributed by atoms with Crippen LogP contribution in [0.15, 0.2) is 0 Å². The second-order valence-corrected chi connectivity index (χ2v) is 3.76. The number of rotatable bonds is 4. The molecular weight excluding hydrogens is 162 g/mol. The van der Waals surface area contributed by atoms with Crippen molar-refractivity contribution in [1.29, 1.82) is 0 Å². The molecule has 0 saturated heterocycles. The third-order valence-corrected chi connectivity index (χ3v) is 2.05. The standard InChI is InChI=1S/C10H19N3/c1-4-8-9(5-7(2)3)13-10(6-11)12-8/h7H,4-6,11H2,1-3H3,(H,12,13). The van der Waals surface area contributed by atoms with Crippen molar-refractivity contribution in [3.63, 3.8) is 0 Å². The fraction of sp³-hybridized carbons (Fsp3) is 0.700. The van der Waals surface area contributed by atoms with Gasteiger partial charge >= 0.3 is 0 Å². The summed E-state index contributed by atoms with van der Waals surface area (Å²) in [5.74, 6) is 1.57. The first kappa shape index (κ1) is 10.3. The fourth-order valence-corrected chi connectivity index (χ4v) is 1.47. The van der Waals surface area contributed by atoms with Crippen LogP contribution in [0, 0.1) is 5.92 Å². The van der Waals surface area contributed by atoms with Crippen LogP contribution in [-0.2, 0) is 19.4 Å². The smallest absolute Gasteiger partial charge is 0.120 e. The van der Waals surface area contributed by atoms with Crippen molar-refractivity contribution in [2.45, 2.75) is 40.2 Å². The molecule has 0 bridgehead atoms. The Bertz CT molecular complexity index is 263. The SMILES string of the molecule is CCc1nc(CN)[nH]c1CC(C)C. The third-order valence-electron chi connectivity index (χ3n) is 2.05. The maximum absolute atomic E-state index is 5.52. The molecule has 1 heterocycles. The molecule has 0 unspecified atom stereocenters. The maximum Gasteiger partial charge on any atom is 0.120 e. The predicted octanol–water partition coefficient (Wildman–Crippen LogP) is 1.63. The number of imidazole rings is 1. The number of aromatic amines is 1. The van der Waals surface area contributed by atoms with Gasteiger partial charge in [0, 0.05) is 5.69 Å². The van der Waals surface area contributed by atoms with Crippen molar-refractivity contribution in [3.8, 4) is 0 Å². The Morgan fingerprint density at radius 1 is 1.46 bits per heavy atom. The molecule has 0 aromatic carbocycles. The molecule has 1 aromatic rings. The number of aromatic nitrogens is 2. The number of hydrogen-bond acceptors (Lipinski definition) is 2. The van der Waals surface area contributed by atoms with E-state index in [0.29, 0.717) is 12.5 Å². The van der Waals surface area contributed by atoms with Crippen LogP contribution in [0.2, 0.25) is 0 Å². The van der Waals surface area contributed by atoms with Crippen molar-refractivity contribution in [1.82, 2.24) is 9.97 Å². The summed E-state index contributed by atoms with van der Waals surface area (Å²) in [6.45, 7) is 7.05. The zero-order valence-electron chi connectivity index (χ0n) is 8.72. The van der Waals surface area contributed by atoms with Crippen molar-refractivity contribution >= 4 is 0 Å². The molecular formula is C10H19N3. The lowest BCUT2D eigenvalue weighted by atomic mass is 10.1. The molecule has 0 aliphatic carbocycles. The third kappa shape index (κ3) is 2.56. The Labute approximate surface area is 79.8 Å². The summed E-state index contributed by atoms with van der Waals surface area (Å²) in [6.07, 6.45) is 2.05. The van der Waals surface area contributed by atoms with Gasteiger partial charge in [-0.15, -0.1) is 0 Å². The molecule has 0 saturated carbocycles. The van der Waals surface area contributed by atoms with Crippen LogP contribution in [0.5, 0.6) is 0 Å². The lowest BCUT2D eigenvalue weighted by Gasteiger charge is -2.03. The summed E-state index contributed by atoms with van der Waals surface area (Å²) < 4.78 is 0. The van der Waals surface area contributed by atoms with Crippen LogP contribution in [0.1, 0.15) is 38.0 Å². The van der Waals surface area contributed by atoms with E-state index >= 15 is 0 Å². The van der Waals surface area contributed by atoms with Gasteiger partial charge in [-0.2, -0.15) is 0 Å². The highest BCUT2D eigenvalue weighted by atomic mass is 15.0. The van der Waals surface area contributed by atoms with Gasteiger partial charge in [-0.3, -0.25) is 0 Å². The van der Waals surface area contributed by atoms with Gasteiger partial charge in [0.15, 0.2) is 0 Å². The Morgan fingerprint density at radius 3 is 2.62 bits per heavy atom. The molecule has 1 rings (SSSR count). The van der Waals surface area contributed by atoms with Gasteiger partial charge in [-0.25, -0.2) is 4.98 Å². The van der Waals surface area contributed by atoms with Gasteiger partial charge in [0.05, 0.1) is 12.2 Å². The van der Waals surface area contributed by atoms with Gasteiger partial charge < -0.3 is 10.7 Å². The van der Waals surface area contributed by atoms with Gasteiger partial charge in [-0.05, 0) is 18.8 Å². The lowest BCUT2D eigenvalue weighted by molar-refractivity contribution is 0.632. The summed E-state index contributed by atoms with van der Waals surface area (Å²) in [6, 6.07) is 0. The first-order valence-corrected chi connectivity index (χ1v) is 4.94. The van der Waals surface area contributed by atoms with Crippen LogP contribution in [-0.4, -0.2) is 9.97 Å². The minimum Gasteiger partial charge on any atom is -0.345 e. The van der Waals surface area contributed by atoms with Gasteiger partial charge in [-0.1, -0.05) is 20.8 Å². The number of nitrogens with two attached hydrogens (primary N) is 1. The van der Waals surface area contributed by atoms with Crippen molar-refractivity contribution < 1.29 is 0 Å². The lowest BCUT2D eigenvalue weighted by Crippen LogP contribution is -1.99. The average Bonchev–Trinajstić information content (AvgIpc) is 2.46. The summed E-state index contributed by atoms with van der Waals surface area (Å²) in [7, 11) is 0. The predicted molar refractivity (Wildman–Crippen MR) is 54.4 cm³/mol. The van der Waals surface area contributed by atoms with E-state index in [1.54, 1.807) is 0 Å². The largest absolute Gasteiger partial charge is 0.345 e. The minimum absolute atomic E-state index is 0.505. The zero-order chi connectivity index (χ0) is 9.84. The molecule has 0 radical (unpaired) electrons. The van der Waals surface area contributed by atoms with Crippen LogP contribution < -0.4 is 5.73 Å². The molecule has 0 aliphatic rings. The van der Waals surface area contributed by atoms with E-state index in [0.717, 1.165) is 18.7 Å². The van der Waals surface area contributed by atoms with Gasteiger partial charge in [0.25, 0.3) is 0 Å². The summed E-state index contributed by atoms with van der Waals surface area (Å²) in [4.78, 5) is 7.70. The van der Waals surface area contributed by atoms with E-state index in [4.69, 9.17) is 5.73 Å². The van der Waals surface area contributed by atoms with E-state index in [9.17, 15) is 0 Å². The second kappa shape index (κ2) is 4.42. The monoisotopic (exact) mass is 181 g/mol. The second-order valence-electron chi connectivity index (χ2n) is 3.76. The summed E-state index contributed by atoms with van der Waals surface area (Å²) >= 11 is 0. The normalized spacial score (nSPS) is 11.2. The van der Waals surface area contributed by atoms with E-state index in [1.807, 2.05) is 0 Å². The van der Waals surface area contributed by atoms with Crippen molar-refractivity contribution in [2.75, 3.05) is 0 Å². The van der Waals surface area contributed by atoms with Crippen molar-refractivity contribution in [3.05, 3.63) is 17.2 Å². The van der Waals surface area contributed by atoms with Crippen LogP contribution in [0.3, 0.4) is 0 Å². The highest BCUT2D eigenvalue weighted by Crippen LogP contribution is 2.12. The molecule has 0 spiro atoms. The number of aryl methyl sites for hydroxylation is 1. The fourth-order valence-electron chi connectivity index (χ4n) is 1.47. The molecule has 0 amide bonds. The Hall–Kier alpha value is -0.830. The topological polar surface area (TPSA) is 54.7 Å². The Morgan fingerprint density at radius 2 is 2.15 bits per heavy atom. The summed E-state index contributed by atoms with van der Waals surface area (Å²) in [5, 5.41) is 0. The van der Waals surface area contributed by atoms with Crippen LogP contribution in [0.25, 0.3) is 0 Å². The molecule has 0 fully saturated rings. The number of hydrogen-bond donors (Lipinski definition) is 2. The molecule has 0 aliphatic heterocycles. The van der Waals surface area contributed by atoms with Gasteiger partial charge in [0.1, 0.15) is 5.82 Å². The first-order chi connectivity index (χ1) is 6.17. The summed E-state index contributed by atoms with van der Waals surface area (Å²) in [5.41, 5.74) is 7.96. The van der Waals surface area contributed by atoms with Crippen LogP contribution >= 0.6 is 0 Å². The minimum atomic E-state index is 0.505. The maximum atomic E-state index is 5.52. The molecule has 3 heteroatoms. The van der Waals surface area contributed by atoms with Crippen LogP contribution in [0.4, 0.5) is 0 Å². The quantitative estimate of drug-likeness (QED) is 0.741. The average molecular weight is 181 g/mol. The number of nitrogens with zero attached hydrogens (tertiary/aromatic N) is 1.